The fourth-order valence-corrected chi connectivity index (χ4v) is 3.41. The molecule has 0 unspecified atom stereocenters. The minimum absolute atomic E-state index is 0.198. The second-order valence-electron chi connectivity index (χ2n) is 8.05. The van der Waals surface area contributed by atoms with Gasteiger partial charge in [-0.25, -0.2) is 4.39 Å². The lowest BCUT2D eigenvalue weighted by Crippen LogP contribution is -2.24. The van der Waals surface area contributed by atoms with Gasteiger partial charge in [-0.3, -0.25) is 9.48 Å². The van der Waals surface area contributed by atoms with Crippen LogP contribution >= 0.6 is 0 Å². The van der Waals surface area contributed by atoms with E-state index in [1.54, 1.807) is 42.9 Å². The first kappa shape index (κ1) is 21.1. The number of ether oxygens (including phenoxy) is 1. The van der Waals surface area contributed by atoms with Crippen molar-refractivity contribution in [2.45, 2.75) is 32.9 Å². The molecule has 1 aromatic heterocycles. The summed E-state index contributed by atoms with van der Waals surface area (Å²) in [4.78, 5) is 13.0. The number of aliphatic hydroxyl groups is 1. The van der Waals surface area contributed by atoms with Crippen LogP contribution < -0.4 is 10.1 Å². The highest BCUT2D eigenvalue weighted by molar-refractivity contribution is 5.98. The molecule has 0 aliphatic heterocycles. The molecule has 1 aliphatic rings. The number of rotatable bonds is 8. The van der Waals surface area contributed by atoms with Gasteiger partial charge in [0.15, 0.2) is 0 Å². The van der Waals surface area contributed by atoms with Crippen molar-refractivity contribution in [2.24, 2.45) is 13.0 Å². The van der Waals surface area contributed by atoms with Crippen molar-refractivity contribution < 1.29 is 19.0 Å². The van der Waals surface area contributed by atoms with Crippen molar-refractivity contribution in [3.8, 4) is 16.9 Å². The number of carbonyl (C=O) groups excluding carboxylic acids is 1. The van der Waals surface area contributed by atoms with E-state index in [2.05, 4.69) is 10.4 Å². The fraction of sp³-hybridized carbons (Fsp3) is 0.333. The number of halogens is 1. The maximum absolute atomic E-state index is 13.8. The Labute approximate surface area is 180 Å². The van der Waals surface area contributed by atoms with Gasteiger partial charge in [-0.15, -0.1) is 0 Å². The minimum Gasteiger partial charge on any atom is -0.492 e. The van der Waals surface area contributed by atoms with Gasteiger partial charge in [-0.1, -0.05) is 18.2 Å². The van der Waals surface area contributed by atoms with Crippen LogP contribution in [0.3, 0.4) is 0 Å². The van der Waals surface area contributed by atoms with E-state index in [0.29, 0.717) is 40.7 Å². The molecule has 2 N–H and O–H groups in total. The second kappa shape index (κ2) is 8.89. The Balaban J connectivity index is 1.59. The SMILES string of the molecule is Cc1ccc(CNC(=O)c2cc(-c3cn(C)nc3CO)ccc2OCC2CC2)cc1F. The first-order chi connectivity index (χ1) is 14.9. The molecular formula is C24H26FN3O3. The molecule has 0 atom stereocenters. The third-order valence-electron chi connectivity index (χ3n) is 5.45. The number of hydrogen-bond acceptors (Lipinski definition) is 4. The monoisotopic (exact) mass is 423 g/mol. The molecule has 6 nitrogen and oxygen atoms in total. The van der Waals surface area contributed by atoms with Gasteiger partial charge in [-0.2, -0.15) is 5.10 Å². The Bertz CT molecular complexity index is 1110. The van der Waals surface area contributed by atoms with E-state index in [1.165, 1.54) is 6.07 Å². The van der Waals surface area contributed by atoms with Gasteiger partial charge in [0, 0.05) is 25.4 Å². The topological polar surface area (TPSA) is 76.4 Å². The summed E-state index contributed by atoms with van der Waals surface area (Å²) >= 11 is 0. The summed E-state index contributed by atoms with van der Waals surface area (Å²) in [5.41, 5.74) is 3.71. The molecule has 0 spiro atoms. The predicted octanol–water partition coefficient (Wildman–Crippen LogP) is 3.75. The summed E-state index contributed by atoms with van der Waals surface area (Å²) in [6.45, 7) is 2.29. The maximum Gasteiger partial charge on any atom is 0.255 e. The van der Waals surface area contributed by atoms with Crippen molar-refractivity contribution >= 4 is 5.91 Å². The van der Waals surface area contributed by atoms with Gasteiger partial charge in [-0.05, 0) is 60.6 Å². The summed E-state index contributed by atoms with van der Waals surface area (Å²) < 4.78 is 21.4. The molecule has 162 valence electrons. The summed E-state index contributed by atoms with van der Waals surface area (Å²) in [7, 11) is 1.78. The standard InChI is InChI=1S/C24H26FN3O3/c1-15-3-4-17(9-21(15)25)11-26-24(30)19-10-18(20-12-28(2)27-22(20)13-29)7-8-23(19)31-14-16-5-6-16/h3-4,7-10,12,16,29H,5-6,11,13-14H2,1-2H3,(H,26,30). The quantitative estimate of drug-likeness (QED) is 0.579. The third kappa shape index (κ3) is 4.94. The molecule has 1 amide bonds. The number of nitrogens with one attached hydrogen (secondary N) is 1. The van der Waals surface area contributed by atoms with Gasteiger partial charge in [0.2, 0.25) is 0 Å². The van der Waals surface area contributed by atoms with Crippen LogP contribution in [-0.4, -0.2) is 27.4 Å². The number of aryl methyl sites for hydroxylation is 2. The van der Waals surface area contributed by atoms with Gasteiger partial charge >= 0.3 is 0 Å². The Morgan fingerprint density at radius 1 is 1.29 bits per heavy atom. The number of nitrogens with zero attached hydrogens (tertiary/aromatic N) is 2. The van der Waals surface area contributed by atoms with E-state index in [0.717, 1.165) is 24.0 Å². The van der Waals surface area contributed by atoms with Gasteiger partial charge in [0.1, 0.15) is 11.6 Å². The van der Waals surface area contributed by atoms with Crippen LogP contribution in [0.2, 0.25) is 0 Å². The number of benzene rings is 2. The number of carbonyl (C=O) groups is 1. The van der Waals surface area contributed by atoms with E-state index in [4.69, 9.17) is 4.74 Å². The van der Waals surface area contributed by atoms with Crippen LogP contribution in [-0.2, 0) is 20.2 Å². The van der Waals surface area contributed by atoms with Crippen molar-refractivity contribution in [3.05, 3.63) is 70.8 Å². The normalized spacial score (nSPS) is 13.3. The number of aromatic nitrogens is 2. The van der Waals surface area contributed by atoms with Crippen LogP contribution in [0.5, 0.6) is 5.75 Å². The predicted molar refractivity (Wildman–Crippen MR) is 115 cm³/mol. The number of aliphatic hydroxyl groups excluding tert-OH is 1. The average Bonchev–Trinajstić information content (AvgIpc) is 3.52. The lowest BCUT2D eigenvalue weighted by molar-refractivity contribution is 0.0946. The van der Waals surface area contributed by atoms with Crippen LogP contribution in [0.25, 0.3) is 11.1 Å². The Hall–Kier alpha value is -3.19. The molecule has 1 saturated carbocycles. The fourth-order valence-electron chi connectivity index (χ4n) is 3.41. The smallest absolute Gasteiger partial charge is 0.255 e. The largest absolute Gasteiger partial charge is 0.492 e. The molecule has 3 aromatic rings. The summed E-state index contributed by atoms with van der Waals surface area (Å²) in [5, 5.41) is 16.7. The molecule has 1 heterocycles. The molecule has 4 rings (SSSR count). The first-order valence-electron chi connectivity index (χ1n) is 10.4. The zero-order valence-electron chi connectivity index (χ0n) is 17.7. The molecule has 0 saturated heterocycles. The molecule has 0 bridgehead atoms. The van der Waals surface area contributed by atoms with Crippen molar-refractivity contribution in [2.75, 3.05) is 6.61 Å². The van der Waals surface area contributed by atoms with E-state index < -0.39 is 0 Å². The Kier molecular flexibility index (Phi) is 6.04. The lowest BCUT2D eigenvalue weighted by Gasteiger charge is -2.14. The summed E-state index contributed by atoms with van der Waals surface area (Å²) in [6.07, 6.45) is 4.10. The molecule has 31 heavy (non-hydrogen) atoms. The van der Waals surface area contributed by atoms with Crippen molar-refractivity contribution in [1.29, 1.82) is 0 Å². The highest BCUT2D eigenvalue weighted by Gasteiger charge is 2.24. The Morgan fingerprint density at radius 3 is 2.81 bits per heavy atom. The van der Waals surface area contributed by atoms with Crippen LogP contribution in [0, 0.1) is 18.7 Å². The summed E-state index contributed by atoms with van der Waals surface area (Å²) in [6, 6.07) is 10.3. The van der Waals surface area contributed by atoms with E-state index in [-0.39, 0.29) is 24.9 Å². The molecule has 1 aliphatic carbocycles. The highest BCUT2D eigenvalue weighted by atomic mass is 19.1. The van der Waals surface area contributed by atoms with Gasteiger partial charge in [0.25, 0.3) is 5.91 Å². The van der Waals surface area contributed by atoms with E-state index in [1.807, 2.05) is 12.3 Å². The zero-order chi connectivity index (χ0) is 22.0. The van der Waals surface area contributed by atoms with Crippen LogP contribution in [0.4, 0.5) is 4.39 Å². The lowest BCUT2D eigenvalue weighted by atomic mass is 10.0. The molecule has 2 aromatic carbocycles. The maximum atomic E-state index is 13.8. The Morgan fingerprint density at radius 2 is 2.10 bits per heavy atom. The van der Waals surface area contributed by atoms with E-state index >= 15 is 0 Å². The van der Waals surface area contributed by atoms with Crippen molar-refractivity contribution in [1.82, 2.24) is 15.1 Å². The van der Waals surface area contributed by atoms with E-state index in [9.17, 15) is 14.3 Å². The number of hydrogen-bond donors (Lipinski definition) is 2. The molecule has 0 radical (unpaired) electrons. The first-order valence-corrected chi connectivity index (χ1v) is 10.4. The van der Waals surface area contributed by atoms with Crippen LogP contribution in [0.15, 0.2) is 42.6 Å². The van der Waals surface area contributed by atoms with Crippen molar-refractivity contribution in [3.63, 3.8) is 0 Å². The average molecular weight is 423 g/mol. The van der Waals surface area contributed by atoms with Gasteiger partial charge < -0.3 is 15.2 Å². The zero-order valence-corrected chi connectivity index (χ0v) is 17.7. The molecule has 7 heteroatoms. The second-order valence-corrected chi connectivity index (χ2v) is 8.05. The minimum atomic E-state index is -0.303. The molecular weight excluding hydrogens is 397 g/mol. The number of amides is 1. The summed E-state index contributed by atoms with van der Waals surface area (Å²) in [5.74, 6) is 0.460. The van der Waals surface area contributed by atoms with Gasteiger partial charge in [0.05, 0.1) is 24.5 Å². The van der Waals surface area contributed by atoms with Crippen LogP contribution in [0.1, 0.15) is 40.0 Å². The third-order valence-corrected chi connectivity index (χ3v) is 5.45. The highest BCUT2D eigenvalue weighted by Crippen LogP contribution is 2.32. The molecule has 1 fully saturated rings.